The Balaban J connectivity index is 1.35. The van der Waals surface area contributed by atoms with Gasteiger partial charge in [-0.3, -0.25) is 4.57 Å². The van der Waals surface area contributed by atoms with E-state index in [0.717, 1.165) is 33.0 Å². The summed E-state index contributed by atoms with van der Waals surface area (Å²) in [4.78, 5) is 15.2. The Hall–Kier alpha value is -4.89. The summed E-state index contributed by atoms with van der Waals surface area (Å²) in [6.45, 7) is 8.36. The molecular weight excluding hydrogens is 599 g/mol. The molecule has 47 heavy (non-hydrogen) atoms. The number of fused-ring (bicyclic) bond motifs is 7. The molecular formula is C39H31BN4O2S. The van der Waals surface area contributed by atoms with Crippen molar-refractivity contribution in [3.05, 3.63) is 115 Å². The molecule has 3 aromatic heterocycles. The zero-order valence-electron chi connectivity index (χ0n) is 26.6. The van der Waals surface area contributed by atoms with E-state index in [-0.39, 0.29) is 0 Å². The van der Waals surface area contributed by atoms with E-state index in [1.165, 1.54) is 25.6 Å². The summed E-state index contributed by atoms with van der Waals surface area (Å²) in [5.41, 5.74) is 4.02. The highest BCUT2D eigenvalue weighted by atomic mass is 32.1. The van der Waals surface area contributed by atoms with Gasteiger partial charge in [0, 0.05) is 42.1 Å². The van der Waals surface area contributed by atoms with Crippen LogP contribution in [0.15, 0.2) is 115 Å². The van der Waals surface area contributed by atoms with Crippen molar-refractivity contribution in [3.8, 4) is 28.7 Å². The number of benzene rings is 5. The van der Waals surface area contributed by atoms with Crippen LogP contribution in [0.5, 0.6) is 0 Å². The maximum absolute atomic E-state index is 6.51. The van der Waals surface area contributed by atoms with E-state index in [1.54, 1.807) is 0 Å². The number of aromatic nitrogens is 4. The van der Waals surface area contributed by atoms with Gasteiger partial charge in [-0.1, -0.05) is 97.1 Å². The van der Waals surface area contributed by atoms with Crippen LogP contribution in [0.2, 0.25) is 0 Å². The van der Waals surface area contributed by atoms with Crippen molar-refractivity contribution in [1.29, 1.82) is 0 Å². The molecule has 0 bridgehead atoms. The first-order valence-electron chi connectivity index (χ1n) is 15.9. The van der Waals surface area contributed by atoms with E-state index >= 15 is 0 Å². The van der Waals surface area contributed by atoms with Gasteiger partial charge >= 0.3 is 7.12 Å². The van der Waals surface area contributed by atoms with Crippen LogP contribution in [0.4, 0.5) is 0 Å². The first kappa shape index (κ1) is 28.3. The van der Waals surface area contributed by atoms with E-state index in [0.29, 0.717) is 17.6 Å². The summed E-state index contributed by atoms with van der Waals surface area (Å²) in [7, 11) is -0.476. The normalized spacial score (nSPS) is 15.8. The minimum atomic E-state index is -0.476. The van der Waals surface area contributed by atoms with Crippen molar-refractivity contribution in [2.75, 3.05) is 0 Å². The first-order chi connectivity index (χ1) is 22.8. The number of hydrogen-bond donors (Lipinski definition) is 0. The number of nitrogens with zero attached hydrogens (tertiary/aromatic N) is 4. The van der Waals surface area contributed by atoms with Gasteiger partial charge in [0.1, 0.15) is 0 Å². The molecule has 8 heteroatoms. The molecule has 0 radical (unpaired) electrons. The second-order valence-electron chi connectivity index (χ2n) is 13.1. The fourth-order valence-corrected chi connectivity index (χ4v) is 7.80. The molecule has 0 aliphatic carbocycles. The lowest BCUT2D eigenvalue weighted by molar-refractivity contribution is 0.00578. The minimum Gasteiger partial charge on any atom is -0.399 e. The van der Waals surface area contributed by atoms with Crippen molar-refractivity contribution in [1.82, 2.24) is 19.5 Å². The largest absolute Gasteiger partial charge is 0.494 e. The van der Waals surface area contributed by atoms with Gasteiger partial charge in [-0.05, 0) is 51.4 Å². The van der Waals surface area contributed by atoms with Crippen molar-refractivity contribution < 1.29 is 9.31 Å². The summed E-state index contributed by atoms with van der Waals surface area (Å²) in [6, 6.07) is 39.8. The Labute approximate surface area is 276 Å². The molecule has 228 valence electrons. The molecule has 0 unspecified atom stereocenters. The first-order valence-corrected chi connectivity index (χ1v) is 16.7. The Kier molecular flexibility index (Phi) is 6.22. The average molecular weight is 631 g/mol. The molecule has 0 N–H and O–H groups in total. The molecule has 1 aliphatic heterocycles. The van der Waals surface area contributed by atoms with E-state index in [2.05, 4.69) is 86.9 Å². The van der Waals surface area contributed by atoms with Crippen LogP contribution < -0.4 is 5.46 Å². The van der Waals surface area contributed by atoms with Crippen LogP contribution in [0.25, 0.3) is 70.7 Å². The maximum atomic E-state index is 6.51. The quantitative estimate of drug-likeness (QED) is 0.182. The van der Waals surface area contributed by atoms with Crippen molar-refractivity contribution in [2.24, 2.45) is 0 Å². The molecule has 1 saturated heterocycles. The molecule has 1 aliphatic rings. The zero-order valence-corrected chi connectivity index (χ0v) is 27.4. The molecule has 1 fully saturated rings. The highest BCUT2D eigenvalue weighted by molar-refractivity contribution is 7.26. The second kappa shape index (κ2) is 10.3. The number of thiophene rings is 1. The predicted molar refractivity (Wildman–Crippen MR) is 194 cm³/mol. The van der Waals surface area contributed by atoms with E-state index in [4.69, 9.17) is 24.3 Å². The molecule has 4 heterocycles. The lowest BCUT2D eigenvalue weighted by Gasteiger charge is -2.32. The fourth-order valence-electron chi connectivity index (χ4n) is 6.54. The van der Waals surface area contributed by atoms with Gasteiger partial charge in [0.2, 0.25) is 5.95 Å². The summed E-state index contributed by atoms with van der Waals surface area (Å²) in [5, 5.41) is 4.77. The van der Waals surface area contributed by atoms with Crippen LogP contribution in [0.1, 0.15) is 27.7 Å². The molecule has 6 nitrogen and oxygen atoms in total. The SMILES string of the molecule is CC1(C)OB(c2ccc3c(c2)c2c4sc5ccccc5c4ccc2n3-c2nc(-c3ccccc3)nc(-c3ccccc3)n2)OC1(C)C. The molecule has 8 aromatic rings. The summed E-state index contributed by atoms with van der Waals surface area (Å²) >= 11 is 1.82. The average Bonchev–Trinajstić information content (AvgIpc) is 3.70. The summed E-state index contributed by atoms with van der Waals surface area (Å²) in [5.74, 6) is 1.82. The van der Waals surface area contributed by atoms with Crippen molar-refractivity contribution in [3.63, 3.8) is 0 Å². The number of rotatable bonds is 4. The van der Waals surface area contributed by atoms with E-state index < -0.39 is 18.3 Å². The highest BCUT2D eigenvalue weighted by Gasteiger charge is 2.51. The third-order valence-electron chi connectivity index (χ3n) is 9.71. The zero-order chi connectivity index (χ0) is 31.9. The van der Waals surface area contributed by atoms with Crippen LogP contribution in [0.3, 0.4) is 0 Å². The standard InChI is InChI=1S/C39H31BN4O2S/c1-38(2)39(3,4)46-40(45-38)26-19-21-30-29(23-26)33-31(22-20-28-27-17-11-12-18-32(27)47-34(28)33)44(30)37-42-35(24-13-7-5-8-14-24)41-36(43-37)25-15-9-6-10-16-25/h5-23H,1-4H3. The summed E-state index contributed by atoms with van der Waals surface area (Å²) in [6.07, 6.45) is 0. The van der Waals surface area contributed by atoms with Gasteiger partial charge in [0.15, 0.2) is 11.6 Å². The number of hydrogen-bond acceptors (Lipinski definition) is 6. The fraction of sp³-hybridized carbons (Fsp3) is 0.154. The van der Waals surface area contributed by atoms with E-state index in [1.807, 2.05) is 72.0 Å². The monoisotopic (exact) mass is 630 g/mol. The van der Waals surface area contributed by atoms with Crippen LogP contribution >= 0.6 is 11.3 Å². The molecule has 0 atom stereocenters. The van der Waals surface area contributed by atoms with Crippen LogP contribution in [-0.4, -0.2) is 37.8 Å². The van der Waals surface area contributed by atoms with Gasteiger partial charge in [-0.15, -0.1) is 11.3 Å². The maximum Gasteiger partial charge on any atom is 0.494 e. The molecule has 0 saturated carbocycles. The highest BCUT2D eigenvalue weighted by Crippen LogP contribution is 2.43. The van der Waals surface area contributed by atoms with Gasteiger partial charge in [-0.2, -0.15) is 9.97 Å². The lowest BCUT2D eigenvalue weighted by Crippen LogP contribution is -2.41. The Morgan fingerprint density at radius 3 is 1.85 bits per heavy atom. The molecule has 9 rings (SSSR count). The Bertz CT molecular complexity index is 2410. The molecule has 5 aromatic carbocycles. The van der Waals surface area contributed by atoms with E-state index in [9.17, 15) is 0 Å². The second-order valence-corrected chi connectivity index (χ2v) is 14.2. The topological polar surface area (TPSA) is 62.1 Å². The van der Waals surface area contributed by atoms with Crippen molar-refractivity contribution >= 4 is 65.9 Å². The van der Waals surface area contributed by atoms with Gasteiger partial charge in [0.25, 0.3) is 0 Å². The Morgan fingerprint density at radius 2 is 1.19 bits per heavy atom. The lowest BCUT2D eigenvalue weighted by atomic mass is 9.78. The predicted octanol–water partition coefficient (Wildman–Crippen LogP) is 8.97. The minimum absolute atomic E-state index is 0.439. The summed E-state index contributed by atoms with van der Waals surface area (Å²) < 4.78 is 17.7. The third-order valence-corrected chi connectivity index (χ3v) is 10.9. The van der Waals surface area contributed by atoms with Crippen LogP contribution in [0, 0.1) is 0 Å². The molecule has 0 spiro atoms. The van der Waals surface area contributed by atoms with Gasteiger partial charge in [-0.25, -0.2) is 4.98 Å². The third kappa shape index (κ3) is 4.43. The van der Waals surface area contributed by atoms with Crippen LogP contribution in [-0.2, 0) is 9.31 Å². The Morgan fingerprint density at radius 1 is 0.596 bits per heavy atom. The van der Waals surface area contributed by atoms with Crippen molar-refractivity contribution in [2.45, 2.75) is 38.9 Å². The smallest absolute Gasteiger partial charge is 0.399 e. The van der Waals surface area contributed by atoms with Gasteiger partial charge in [0.05, 0.1) is 22.2 Å². The van der Waals surface area contributed by atoms with Gasteiger partial charge < -0.3 is 9.31 Å². The molecule has 0 amide bonds.